The highest BCUT2D eigenvalue weighted by atomic mass is 79.9. The Labute approximate surface area is 149 Å². The first-order chi connectivity index (χ1) is 11.6. The Balaban J connectivity index is 2.05. The number of hydrogen-bond acceptors (Lipinski definition) is 4. The van der Waals surface area contributed by atoms with E-state index in [0.717, 1.165) is 22.9 Å². The summed E-state index contributed by atoms with van der Waals surface area (Å²) in [4.78, 5) is 24.4. The van der Waals surface area contributed by atoms with Crippen molar-refractivity contribution in [1.82, 2.24) is 0 Å². The van der Waals surface area contributed by atoms with Crippen molar-refractivity contribution in [3.63, 3.8) is 0 Å². The zero-order chi connectivity index (χ0) is 17.4. The summed E-state index contributed by atoms with van der Waals surface area (Å²) in [7, 11) is 0. The first kappa shape index (κ1) is 18.2. The molecular weight excluding hydrogens is 372 g/mol. The maximum atomic E-state index is 12.3. The average Bonchev–Trinajstić information content (AvgIpc) is 2.60. The van der Waals surface area contributed by atoms with Crippen LogP contribution in [0.15, 0.2) is 53.0 Å². The van der Waals surface area contributed by atoms with Crippen LogP contribution in [0.4, 0.5) is 0 Å². The lowest BCUT2D eigenvalue weighted by molar-refractivity contribution is 0.0437. The summed E-state index contributed by atoms with van der Waals surface area (Å²) >= 11 is 3.37. The van der Waals surface area contributed by atoms with Crippen molar-refractivity contribution in [2.24, 2.45) is 0 Å². The second-order valence-electron chi connectivity index (χ2n) is 5.24. The third kappa shape index (κ3) is 5.20. The number of hydrogen-bond donors (Lipinski definition) is 0. The molecule has 0 aliphatic carbocycles. The van der Waals surface area contributed by atoms with Gasteiger partial charge in [-0.1, -0.05) is 53.5 Å². The van der Waals surface area contributed by atoms with Crippen LogP contribution in [0.3, 0.4) is 0 Å². The van der Waals surface area contributed by atoms with E-state index in [0.29, 0.717) is 6.61 Å². The van der Waals surface area contributed by atoms with E-state index in [1.165, 1.54) is 0 Å². The number of unbranched alkanes of at least 4 members (excludes halogenated alkanes) is 1. The van der Waals surface area contributed by atoms with Crippen LogP contribution in [-0.4, -0.2) is 18.5 Å². The molecule has 0 radical (unpaired) electrons. The first-order valence-electron chi connectivity index (χ1n) is 7.79. The van der Waals surface area contributed by atoms with E-state index in [-0.39, 0.29) is 17.7 Å². The van der Waals surface area contributed by atoms with Gasteiger partial charge >= 0.3 is 11.9 Å². The molecule has 0 heterocycles. The second kappa shape index (κ2) is 9.23. The standard InChI is InChI=1S/C19H19BrO4/c1-2-3-11-23-18(21)16-9-4-5-10-17(16)19(22)24-13-14-7-6-8-15(20)12-14/h4-10,12H,2-3,11,13H2,1H3. The summed E-state index contributed by atoms with van der Waals surface area (Å²) < 4.78 is 11.4. The molecule has 0 amide bonds. The summed E-state index contributed by atoms with van der Waals surface area (Å²) in [5, 5.41) is 0. The molecule has 0 aliphatic heterocycles. The van der Waals surface area contributed by atoms with Crippen molar-refractivity contribution >= 4 is 27.9 Å². The van der Waals surface area contributed by atoms with Gasteiger partial charge in [0.15, 0.2) is 0 Å². The first-order valence-corrected chi connectivity index (χ1v) is 8.59. The normalized spacial score (nSPS) is 10.2. The van der Waals surface area contributed by atoms with Gasteiger partial charge in [-0.25, -0.2) is 9.59 Å². The van der Waals surface area contributed by atoms with Crippen LogP contribution in [0.5, 0.6) is 0 Å². The lowest BCUT2D eigenvalue weighted by Gasteiger charge is -2.10. The number of ether oxygens (including phenoxy) is 2. The van der Waals surface area contributed by atoms with Crippen LogP contribution in [0.2, 0.25) is 0 Å². The minimum Gasteiger partial charge on any atom is -0.462 e. The molecule has 0 aromatic heterocycles. The zero-order valence-electron chi connectivity index (χ0n) is 13.5. The number of rotatable bonds is 7. The van der Waals surface area contributed by atoms with E-state index in [9.17, 15) is 9.59 Å². The van der Waals surface area contributed by atoms with Gasteiger partial charge in [-0.05, 0) is 36.2 Å². The Hall–Kier alpha value is -2.14. The highest BCUT2D eigenvalue weighted by Gasteiger charge is 2.18. The molecule has 0 saturated carbocycles. The van der Waals surface area contributed by atoms with Gasteiger partial charge < -0.3 is 9.47 Å². The van der Waals surface area contributed by atoms with Gasteiger partial charge in [-0.3, -0.25) is 0 Å². The maximum absolute atomic E-state index is 12.3. The largest absolute Gasteiger partial charge is 0.462 e. The fourth-order valence-electron chi connectivity index (χ4n) is 2.08. The van der Waals surface area contributed by atoms with E-state index in [2.05, 4.69) is 15.9 Å². The van der Waals surface area contributed by atoms with Gasteiger partial charge in [-0.15, -0.1) is 0 Å². The number of benzene rings is 2. The molecule has 126 valence electrons. The predicted molar refractivity (Wildman–Crippen MR) is 94.9 cm³/mol. The highest BCUT2D eigenvalue weighted by molar-refractivity contribution is 9.10. The Morgan fingerprint density at radius 1 is 0.958 bits per heavy atom. The van der Waals surface area contributed by atoms with Crippen LogP contribution < -0.4 is 0 Å². The molecule has 2 rings (SSSR count). The molecule has 0 unspecified atom stereocenters. The Morgan fingerprint density at radius 2 is 1.62 bits per heavy atom. The van der Waals surface area contributed by atoms with Crippen LogP contribution in [0.1, 0.15) is 46.0 Å². The quantitative estimate of drug-likeness (QED) is 0.504. The van der Waals surface area contributed by atoms with E-state index in [1.54, 1.807) is 24.3 Å². The number of carbonyl (C=O) groups excluding carboxylic acids is 2. The Bertz CT molecular complexity index is 712. The summed E-state index contributed by atoms with van der Waals surface area (Å²) in [6, 6.07) is 14.0. The van der Waals surface area contributed by atoms with Crippen LogP contribution in [0, 0.1) is 0 Å². The number of esters is 2. The summed E-state index contributed by atoms with van der Waals surface area (Å²) in [6.07, 6.45) is 1.73. The van der Waals surface area contributed by atoms with E-state index in [4.69, 9.17) is 9.47 Å². The molecule has 5 heteroatoms. The van der Waals surface area contributed by atoms with Crippen molar-refractivity contribution in [1.29, 1.82) is 0 Å². The molecule has 24 heavy (non-hydrogen) atoms. The SMILES string of the molecule is CCCCOC(=O)c1ccccc1C(=O)OCc1cccc(Br)c1. The minimum absolute atomic E-state index is 0.136. The third-order valence-electron chi connectivity index (χ3n) is 3.36. The molecule has 0 aliphatic rings. The average molecular weight is 391 g/mol. The molecule has 2 aromatic carbocycles. The van der Waals surface area contributed by atoms with Crippen LogP contribution in [0.25, 0.3) is 0 Å². The predicted octanol–water partition coefficient (Wildman–Crippen LogP) is 4.76. The second-order valence-corrected chi connectivity index (χ2v) is 6.16. The van der Waals surface area contributed by atoms with Gasteiger partial charge in [0.05, 0.1) is 17.7 Å². The fourth-order valence-corrected chi connectivity index (χ4v) is 2.53. The Morgan fingerprint density at radius 3 is 2.25 bits per heavy atom. The molecule has 0 N–H and O–H groups in total. The van der Waals surface area contributed by atoms with Crippen molar-refractivity contribution in [2.45, 2.75) is 26.4 Å². The summed E-state index contributed by atoms with van der Waals surface area (Å²) in [6.45, 7) is 2.50. The van der Waals surface area contributed by atoms with Crippen molar-refractivity contribution in [3.05, 3.63) is 69.7 Å². The van der Waals surface area contributed by atoms with Gasteiger partial charge in [0.1, 0.15) is 6.61 Å². The van der Waals surface area contributed by atoms with Crippen LogP contribution in [-0.2, 0) is 16.1 Å². The topological polar surface area (TPSA) is 52.6 Å². The molecule has 0 spiro atoms. The zero-order valence-corrected chi connectivity index (χ0v) is 15.0. The third-order valence-corrected chi connectivity index (χ3v) is 3.85. The molecular formula is C19H19BrO4. The highest BCUT2D eigenvalue weighted by Crippen LogP contribution is 2.15. The minimum atomic E-state index is -0.544. The monoisotopic (exact) mass is 390 g/mol. The van der Waals surface area contributed by atoms with Crippen LogP contribution >= 0.6 is 15.9 Å². The van der Waals surface area contributed by atoms with E-state index >= 15 is 0 Å². The Kier molecular flexibility index (Phi) is 7.00. The smallest absolute Gasteiger partial charge is 0.339 e. The van der Waals surface area contributed by atoms with Gasteiger partial charge in [-0.2, -0.15) is 0 Å². The molecule has 2 aromatic rings. The summed E-state index contributed by atoms with van der Waals surface area (Å²) in [5.74, 6) is -1.04. The molecule has 0 atom stereocenters. The molecule has 4 nitrogen and oxygen atoms in total. The van der Waals surface area contributed by atoms with Crippen molar-refractivity contribution in [3.8, 4) is 0 Å². The van der Waals surface area contributed by atoms with Gasteiger partial charge in [0.25, 0.3) is 0 Å². The number of carbonyl (C=O) groups is 2. The maximum Gasteiger partial charge on any atom is 0.339 e. The fraction of sp³-hybridized carbons (Fsp3) is 0.263. The van der Waals surface area contributed by atoms with Gasteiger partial charge in [0, 0.05) is 4.47 Å². The number of halogens is 1. The van der Waals surface area contributed by atoms with E-state index < -0.39 is 11.9 Å². The van der Waals surface area contributed by atoms with E-state index in [1.807, 2.05) is 31.2 Å². The van der Waals surface area contributed by atoms with Gasteiger partial charge in [0.2, 0.25) is 0 Å². The molecule has 0 fully saturated rings. The molecule has 0 bridgehead atoms. The van der Waals surface area contributed by atoms with Crippen molar-refractivity contribution in [2.75, 3.05) is 6.61 Å². The summed E-state index contributed by atoms with van der Waals surface area (Å²) in [5.41, 5.74) is 1.31. The molecule has 0 saturated heterocycles. The lowest BCUT2D eigenvalue weighted by Crippen LogP contribution is -2.14. The van der Waals surface area contributed by atoms with Crippen molar-refractivity contribution < 1.29 is 19.1 Å². The lowest BCUT2D eigenvalue weighted by atomic mass is 10.1.